The quantitative estimate of drug-likeness (QED) is 0.213. The van der Waals surface area contributed by atoms with E-state index >= 15 is 0 Å². The van der Waals surface area contributed by atoms with Crippen LogP contribution in [-0.4, -0.2) is 46.0 Å². The molecular weight excluding hydrogens is 428 g/mol. The summed E-state index contributed by atoms with van der Waals surface area (Å²) in [7, 11) is 0. The van der Waals surface area contributed by atoms with Crippen LogP contribution in [-0.2, 0) is 6.42 Å². The van der Waals surface area contributed by atoms with Crippen molar-refractivity contribution in [3.05, 3.63) is 66.1 Å². The van der Waals surface area contributed by atoms with Crippen LogP contribution in [0.5, 0.6) is 11.8 Å². The first-order valence-corrected chi connectivity index (χ1v) is 11.9. The number of aromatic nitrogens is 3. The van der Waals surface area contributed by atoms with E-state index in [-0.39, 0.29) is 5.75 Å². The van der Waals surface area contributed by atoms with Gasteiger partial charge in [-0.15, -0.1) is 0 Å². The lowest BCUT2D eigenvalue weighted by Crippen LogP contribution is -2.26. The van der Waals surface area contributed by atoms with Gasteiger partial charge in [0.2, 0.25) is 0 Å². The number of benzene rings is 1. The summed E-state index contributed by atoms with van der Waals surface area (Å²) in [4.78, 5) is 15.7. The molecule has 2 aromatic heterocycles. The minimum Gasteiger partial charge on any atom is -0.508 e. The van der Waals surface area contributed by atoms with E-state index in [0.717, 1.165) is 43.1 Å². The van der Waals surface area contributed by atoms with E-state index in [1.807, 2.05) is 38.1 Å². The molecule has 0 aliphatic heterocycles. The monoisotopic (exact) mass is 464 g/mol. The van der Waals surface area contributed by atoms with Crippen molar-refractivity contribution < 1.29 is 9.84 Å². The van der Waals surface area contributed by atoms with Crippen LogP contribution in [0, 0.1) is 0 Å². The molecule has 0 saturated heterocycles. The highest BCUT2D eigenvalue weighted by Crippen LogP contribution is 2.18. The molecule has 182 valence electrons. The predicted octanol–water partition coefficient (Wildman–Crippen LogP) is 5.30. The summed E-state index contributed by atoms with van der Waals surface area (Å²) in [6, 6.07) is 14.7. The Bertz CT molecular complexity index is 974. The van der Waals surface area contributed by atoms with Gasteiger partial charge in [-0.1, -0.05) is 33.8 Å². The topological polar surface area (TPSA) is 95.8 Å². The van der Waals surface area contributed by atoms with Gasteiger partial charge in [-0.2, -0.15) is 15.1 Å². The third-order valence-electron chi connectivity index (χ3n) is 4.60. The second-order valence-electron chi connectivity index (χ2n) is 7.26. The molecule has 34 heavy (non-hydrogen) atoms. The van der Waals surface area contributed by atoms with Crippen molar-refractivity contribution in [3.8, 4) is 11.8 Å². The van der Waals surface area contributed by atoms with E-state index in [1.54, 1.807) is 36.7 Å². The lowest BCUT2D eigenvalue weighted by atomic mass is 10.3. The first-order chi connectivity index (χ1) is 16.7. The number of aromatic hydroxyl groups is 1. The van der Waals surface area contributed by atoms with Crippen molar-refractivity contribution in [1.29, 1.82) is 0 Å². The zero-order valence-corrected chi connectivity index (χ0v) is 20.6. The Balaban J connectivity index is 0.00000199. The van der Waals surface area contributed by atoms with Gasteiger partial charge in [-0.25, -0.2) is 0 Å². The van der Waals surface area contributed by atoms with Gasteiger partial charge in [0, 0.05) is 37.5 Å². The number of anilines is 2. The van der Waals surface area contributed by atoms with E-state index in [2.05, 4.69) is 44.2 Å². The number of hydrogen-bond acceptors (Lipinski definition) is 8. The van der Waals surface area contributed by atoms with Crippen LogP contribution in [0.25, 0.3) is 0 Å². The molecule has 8 nitrogen and oxygen atoms in total. The maximum atomic E-state index is 9.40. The smallest absolute Gasteiger partial charge is 0.318 e. The van der Waals surface area contributed by atoms with Gasteiger partial charge in [0.05, 0.1) is 24.2 Å². The first-order valence-electron chi connectivity index (χ1n) is 11.9. The Morgan fingerprint density at radius 3 is 2.41 bits per heavy atom. The second kappa shape index (κ2) is 15.2. The fourth-order valence-electron chi connectivity index (χ4n) is 3.11. The summed E-state index contributed by atoms with van der Waals surface area (Å²) in [5, 5.41) is 13.7. The molecule has 0 atom stereocenters. The largest absolute Gasteiger partial charge is 0.508 e. The molecular formula is C26H36N6O2. The molecule has 0 aliphatic carbocycles. The Morgan fingerprint density at radius 1 is 1.03 bits per heavy atom. The Labute approximate surface area is 202 Å². The van der Waals surface area contributed by atoms with Crippen molar-refractivity contribution in [3.63, 3.8) is 0 Å². The average Bonchev–Trinajstić information content (AvgIpc) is 2.87. The number of ether oxygens (including phenoxy) is 1. The predicted molar refractivity (Wildman–Crippen MR) is 139 cm³/mol. The standard InChI is InChI=1S/C24H30N6O2.C2H6/c1-3-14-30(15-4-2)23-17-21(18-26-29-20-8-10-22(31)11-9-20)27-24(28-23)32-16-12-19-7-5-6-13-25-19;1-2/h5-11,13,17-18,29,31H,3-4,12,14-16H2,1-2H3;1-2H3/b26-18+;. The van der Waals surface area contributed by atoms with Crippen molar-refractivity contribution in [1.82, 2.24) is 15.0 Å². The molecule has 0 amide bonds. The number of phenolic OH excluding ortho intramolecular Hbond substituents is 1. The number of phenols is 1. The van der Waals surface area contributed by atoms with Crippen LogP contribution in [0.1, 0.15) is 51.9 Å². The van der Waals surface area contributed by atoms with Crippen molar-refractivity contribution >= 4 is 17.7 Å². The number of hydrogen-bond donors (Lipinski definition) is 2. The Hall–Kier alpha value is -3.68. The molecule has 2 heterocycles. The van der Waals surface area contributed by atoms with Crippen molar-refractivity contribution in [2.24, 2.45) is 5.10 Å². The number of nitrogens with zero attached hydrogens (tertiary/aromatic N) is 5. The molecule has 0 spiro atoms. The summed E-state index contributed by atoms with van der Waals surface area (Å²) in [5.74, 6) is 1.03. The van der Waals surface area contributed by atoms with Crippen molar-refractivity contribution in [2.45, 2.75) is 47.0 Å². The van der Waals surface area contributed by atoms with E-state index < -0.39 is 0 Å². The number of rotatable bonds is 12. The normalized spacial score (nSPS) is 10.5. The van der Waals surface area contributed by atoms with E-state index in [1.165, 1.54) is 0 Å². The number of nitrogens with one attached hydrogen (secondary N) is 1. The fourth-order valence-corrected chi connectivity index (χ4v) is 3.11. The molecule has 0 saturated carbocycles. The van der Waals surface area contributed by atoms with Gasteiger partial charge < -0.3 is 14.7 Å². The lowest BCUT2D eigenvalue weighted by molar-refractivity contribution is 0.295. The summed E-state index contributed by atoms with van der Waals surface area (Å²) in [5.41, 5.74) is 5.31. The van der Waals surface area contributed by atoms with Gasteiger partial charge in [0.25, 0.3) is 0 Å². The van der Waals surface area contributed by atoms with Gasteiger partial charge in [-0.05, 0) is 49.2 Å². The average molecular weight is 465 g/mol. The SMILES string of the molecule is CC.CCCN(CCC)c1cc(/C=N/Nc2ccc(O)cc2)nc(OCCc2ccccn2)n1. The van der Waals surface area contributed by atoms with Crippen LogP contribution >= 0.6 is 0 Å². The molecule has 0 aliphatic rings. The van der Waals surface area contributed by atoms with Crippen LogP contribution in [0.15, 0.2) is 59.8 Å². The minimum absolute atomic E-state index is 0.208. The minimum atomic E-state index is 0.208. The highest BCUT2D eigenvalue weighted by molar-refractivity contribution is 5.79. The van der Waals surface area contributed by atoms with E-state index in [0.29, 0.717) is 24.7 Å². The summed E-state index contributed by atoms with van der Waals surface area (Å²) >= 11 is 0. The van der Waals surface area contributed by atoms with Crippen LogP contribution < -0.4 is 15.1 Å². The van der Waals surface area contributed by atoms with Crippen molar-refractivity contribution in [2.75, 3.05) is 30.0 Å². The van der Waals surface area contributed by atoms with Gasteiger partial charge >= 0.3 is 6.01 Å². The van der Waals surface area contributed by atoms with Gasteiger partial charge in [-0.3, -0.25) is 10.4 Å². The third-order valence-corrected chi connectivity index (χ3v) is 4.60. The second-order valence-corrected chi connectivity index (χ2v) is 7.26. The summed E-state index contributed by atoms with van der Waals surface area (Å²) < 4.78 is 5.88. The molecule has 0 bridgehead atoms. The van der Waals surface area contributed by atoms with Crippen LogP contribution in [0.2, 0.25) is 0 Å². The molecule has 0 unspecified atom stereocenters. The molecule has 8 heteroatoms. The maximum absolute atomic E-state index is 9.40. The number of pyridine rings is 1. The highest BCUT2D eigenvalue weighted by atomic mass is 16.5. The Morgan fingerprint density at radius 2 is 1.76 bits per heavy atom. The fraction of sp³-hybridized carbons (Fsp3) is 0.385. The summed E-state index contributed by atoms with van der Waals surface area (Å²) in [6.45, 7) is 10.5. The molecule has 3 aromatic rings. The lowest BCUT2D eigenvalue weighted by Gasteiger charge is -2.23. The Kier molecular flexibility index (Phi) is 11.9. The first kappa shape index (κ1) is 26.6. The van der Waals surface area contributed by atoms with Crippen LogP contribution in [0.3, 0.4) is 0 Å². The molecule has 1 aromatic carbocycles. The molecule has 0 radical (unpaired) electrons. The van der Waals surface area contributed by atoms with Gasteiger partial charge in [0.1, 0.15) is 11.6 Å². The van der Waals surface area contributed by atoms with E-state index in [9.17, 15) is 5.11 Å². The summed E-state index contributed by atoms with van der Waals surface area (Å²) in [6.07, 6.45) is 6.13. The zero-order chi connectivity index (χ0) is 24.6. The third kappa shape index (κ3) is 9.05. The highest BCUT2D eigenvalue weighted by Gasteiger charge is 2.11. The molecule has 0 fully saturated rings. The zero-order valence-electron chi connectivity index (χ0n) is 20.6. The van der Waals surface area contributed by atoms with E-state index in [4.69, 9.17) is 4.74 Å². The number of hydrazone groups is 1. The molecule has 3 rings (SSSR count). The maximum Gasteiger partial charge on any atom is 0.318 e. The van der Waals surface area contributed by atoms with Crippen LogP contribution in [0.4, 0.5) is 11.5 Å². The van der Waals surface area contributed by atoms with Gasteiger partial charge in [0.15, 0.2) is 0 Å². The molecule has 2 N–H and O–H groups in total.